The highest BCUT2D eigenvalue weighted by molar-refractivity contribution is 5.43. The minimum atomic E-state index is -0.429. The van der Waals surface area contributed by atoms with Crippen molar-refractivity contribution in [1.29, 1.82) is 0 Å². The van der Waals surface area contributed by atoms with Crippen LogP contribution < -0.4 is 5.32 Å². The fraction of sp³-hybridized carbons (Fsp3) is 0.500. The number of hydrogen-bond acceptors (Lipinski definition) is 4. The van der Waals surface area contributed by atoms with Gasteiger partial charge in [-0.15, -0.1) is 0 Å². The summed E-state index contributed by atoms with van der Waals surface area (Å²) < 4.78 is 0. The first kappa shape index (κ1) is 11.9. The summed E-state index contributed by atoms with van der Waals surface area (Å²) in [5.74, 6) is 0.609. The summed E-state index contributed by atoms with van der Waals surface area (Å²) in [6.45, 7) is 1.96. The van der Waals surface area contributed by atoms with Gasteiger partial charge in [0.15, 0.2) is 0 Å². The summed E-state index contributed by atoms with van der Waals surface area (Å²) in [6.07, 6.45) is 2.93. The molecule has 0 amide bonds. The maximum absolute atomic E-state index is 10.7. The summed E-state index contributed by atoms with van der Waals surface area (Å²) in [5.41, 5.74) is 0.717. The number of rotatable bonds is 3. The van der Waals surface area contributed by atoms with Gasteiger partial charge >= 0.3 is 0 Å². The molecule has 2 rings (SSSR count). The highest BCUT2D eigenvalue weighted by Gasteiger charge is 2.17. The number of piperidine rings is 1. The Morgan fingerprint density at radius 1 is 1.53 bits per heavy atom. The van der Waals surface area contributed by atoms with Gasteiger partial charge in [-0.05, 0) is 44.3 Å². The number of nitro groups is 1. The van der Waals surface area contributed by atoms with Crippen molar-refractivity contribution in [2.75, 3.05) is 13.1 Å². The first-order valence-corrected chi connectivity index (χ1v) is 5.84. The number of phenolic OH excluding ortho intramolecular Hbond substituents is 1. The lowest BCUT2D eigenvalue weighted by molar-refractivity contribution is -0.384. The molecular weight excluding hydrogens is 220 g/mol. The molecule has 1 saturated heterocycles. The molecule has 0 spiro atoms. The summed E-state index contributed by atoms with van der Waals surface area (Å²) in [7, 11) is 0. The van der Waals surface area contributed by atoms with Crippen molar-refractivity contribution in [2.24, 2.45) is 5.92 Å². The highest BCUT2D eigenvalue weighted by Crippen LogP contribution is 2.27. The smallest absolute Gasteiger partial charge is 0.269 e. The molecule has 0 aliphatic carbocycles. The van der Waals surface area contributed by atoms with Crippen LogP contribution in [0.1, 0.15) is 18.4 Å². The standard InChI is InChI=1S/C12H16N2O3/c15-12-4-3-11(14(16)17)7-10(12)6-9-2-1-5-13-8-9/h3-4,7,9,13,15H,1-2,5-6,8H2. The molecule has 1 aliphatic rings. The normalized spacial score (nSPS) is 20.1. The van der Waals surface area contributed by atoms with Crippen molar-refractivity contribution in [3.63, 3.8) is 0 Å². The maximum atomic E-state index is 10.7. The maximum Gasteiger partial charge on any atom is 0.269 e. The lowest BCUT2D eigenvalue weighted by Gasteiger charge is -2.22. The van der Waals surface area contributed by atoms with E-state index in [9.17, 15) is 15.2 Å². The summed E-state index contributed by atoms with van der Waals surface area (Å²) in [5, 5.41) is 23.7. The number of phenols is 1. The van der Waals surface area contributed by atoms with Gasteiger partial charge in [0.2, 0.25) is 0 Å². The van der Waals surface area contributed by atoms with Crippen LogP contribution in [0.2, 0.25) is 0 Å². The molecule has 2 N–H and O–H groups in total. The van der Waals surface area contributed by atoms with Crippen LogP contribution in [-0.2, 0) is 6.42 Å². The highest BCUT2D eigenvalue weighted by atomic mass is 16.6. The van der Waals surface area contributed by atoms with Crippen molar-refractivity contribution in [3.8, 4) is 5.75 Å². The SMILES string of the molecule is O=[N+]([O-])c1ccc(O)c(CC2CCCNC2)c1. The Kier molecular flexibility index (Phi) is 3.58. The van der Waals surface area contributed by atoms with Gasteiger partial charge < -0.3 is 10.4 Å². The quantitative estimate of drug-likeness (QED) is 0.620. The summed E-state index contributed by atoms with van der Waals surface area (Å²) >= 11 is 0. The minimum absolute atomic E-state index is 0.0431. The second-order valence-electron chi connectivity index (χ2n) is 4.49. The Hall–Kier alpha value is -1.62. The molecule has 1 heterocycles. The molecule has 5 heteroatoms. The van der Waals surface area contributed by atoms with Gasteiger partial charge in [0.1, 0.15) is 5.75 Å². The number of nitro benzene ring substituents is 1. The van der Waals surface area contributed by atoms with Gasteiger partial charge in [0.05, 0.1) is 4.92 Å². The van der Waals surface area contributed by atoms with Crippen LogP contribution in [0.3, 0.4) is 0 Å². The van der Waals surface area contributed by atoms with Crippen molar-refractivity contribution in [1.82, 2.24) is 5.32 Å². The van der Waals surface area contributed by atoms with E-state index < -0.39 is 4.92 Å². The number of nitrogens with zero attached hydrogens (tertiary/aromatic N) is 1. The van der Waals surface area contributed by atoms with Crippen molar-refractivity contribution in [3.05, 3.63) is 33.9 Å². The summed E-state index contributed by atoms with van der Waals surface area (Å²) in [6, 6.07) is 4.21. The second-order valence-corrected chi connectivity index (χ2v) is 4.49. The predicted molar refractivity (Wildman–Crippen MR) is 64.1 cm³/mol. The van der Waals surface area contributed by atoms with Crippen molar-refractivity contribution >= 4 is 5.69 Å². The molecule has 0 saturated carbocycles. The number of benzene rings is 1. The number of aromatic hydroxyl groups is 1. The van der Waals surface area contributed by atoms with E-state index in [2.05, 4.69) is 5.32 Å². The first-order valence-electron chi connectivity index (χ1n) is 5.84. The minimum Gasteiger partial charge on any atom is -0.508 e. The monoisotopic (exact) mass is 236 g/mol. The molecule has 1 aliphatic heterocycles. The van der Waals surface area contributed by atoms with Crippen LogP contribution in [-0.4, -0.2) is 23.1 Å². The van der Waals surface area contributed by atoms with Crippen LogP contribution in [0.4, 0.5) is 5.69 Å². The zero-order chi connectivity index (χ0) is 12.3. The zero-order valence-corrected chi connectivity index (χ0v) is 9.56. The van der Waals surface area contributed by atoms with Crippen LogP contribution in [0.25, 0.3) is 0 Å². The van der Waals surface area contributed by atoms with Crippen LogP contribution >= 0.6 is 0 Å². The van der Waals surface area contributed by atoms with Crippen molar-refractivity contribution in [2.45, 2.75) is 19.3 Å². The van der Waals surface area contributed by atoms with E-state index in [1.165, 1.54) is 18.2 Å². The fourth-order valence-electron chi connectivity index (χ4n) is 2.26. The first-order chi connectivity index (χ1) is 8.16. The van der Waals surface area contributed by atoms with Crippen molar-refractivity contribution < 1.29 is 10.0 Å². The molecule has 1 aromatic rings. The second kappa shape index (κ2) is 5.14. The Balaban J connectivity index is 2.13. The molecule has 1 aromatic carbocycles. The van der Waals surface area contributed by atoms with Gasteiger partial charge in [-0.2, -0.15) is 0 Å². The van der Waals surface area contributed by atoms with Crippen LogP contribution in [0, 0.1) is 16.0 Å². The Morgan fingerprint density at radius 2 is 2.35 bits per heavy atom. The zero-order valence-electron chi connectivity index (χ0n) is 9.56. The lowest BCUT2D eigenvalue weighted by atomic mass is 9.92. The third kappa shape index (κ3) is 2.94. The molecule has 1 unspecified atom stereocenters. The molecule has 1 fully saturated rings. The number of nitrogens with one attached hydrogen (secondary N) is 1. The molecule has 5 nitrogen and oxygen atoms in total. The Bertz CT molecular complexity index is 414. The van der Waals surface area contributed by atoms with Gasteiger partial charge in [0.25, 0.3) is 5.69 Å². The Morgan fingerprint density at radius 3 is 3.00 bits per heavy atom. The van der Waals surface area contributed by atoms with E-state index in [4.69, 9.17) is 0 Å². The molecule has 0 bridgehead atoms. The summed E-state index contributed by atoms with van der Waals surface area (Å²) in [4.78, 5) is 10.2. The van der Waals surface area contributed by atoms with E-state index in [0.717, 1.165) is 25.9 Å². The molecule has 92 valence electrons. The third-order valence-corrected chi connectivity index (χ3v) is 3.18. The van der Waals surface area contributed by atoms with E-state index >= 15 is 0 Å². The van der Waals surface area contributed by atoms with Gasteiger partial charge in [-0.25, -0.2) is 0 Å². The van der Waals surface area contributed by atoms with Crippen LogP contribution in [0.15, 0.2) is 18.2 Å². The van der Waals surface area contributed by atoms with Gasteiger partial charge in [-0.1, -0.05) is 0 Å². The average molecular weight is 236 g/mol. The largest absolute Gasteiger partial charge is 0.508 e. The van der Waals surface area contributed by atoms with Crippen LogP contribution in [0.5, 0.6) is 5.75 Å². The van der Waals surface area contributed by atoms with E-state index in [0.29, 0.717) is 17.9 Å². The number of hydrogen-bond donors (Lipinski definition) is 2. The van der Waals surface area contributed by atoms with Gasteiger partial charge in [0, 0.05) is 17.7 Å². The van der Waals surface area contributed by atoms with Gasteiger partial charge in [-0.3, -0.25) is 10.1 Å². The molecule has 1 atom stereocenters. The number of non-ortho nitro benzene ring substituents is 1. The fourth-order valence-corrected chi connectivity index (χ4v) is 2.26. The van der Waals surface area contributed by atoms with E-state index in [1.54, 1.807) is 0 Å². The topological polar surface area (TPSA) is 75.4 Å². The average Bonchev–Trinajstić information content (AvgIpc) is 2.33. The molecular formula is C12H16N2O3. The molecule has 17 heavy (non-hydrogen) atoms. The lowest BCUT2D eigenvalue weighted by Crippen LogP contribution is -2.30. The molecule has 0 radical (unpaired) electrons. The Labute approximate surface area is 99.6 Å². The molecule has 0 aromatic heterocycles. The van der Waals surface area contributed by atoms with E-state index in [-0.39, 0.29) is 11.4 Å². The van der Waals surface area contributed by atoms with E-state index in [1.807, 2.05) is 0 Å². The third-order valence-electron chi connectivity index (χ3n) is 3.18. The predicted octanol–water partition coefficient (Wildman–Crippen LogP) is 1.84.